The van der Waals surface area contributed by atoms with Gasteiger partial charge in [-0.25, -0.2) is 4.79 Å². The fourth-order valence-electron chi connectivity index (χ4n) is 2.57. The fraction of sp³-hybridized carbons (Fsp3) is 0.857. The minimum atomic E-state index is -0.808. The molecule has 1 aliphatic rings. The summed E-state index contributed by atoms with van der Waals surface area (Å²) in [6, 6.07) is -0.215. The van der Waals surface area contributed by atoms with Gasteiger partial charge in [0.25, 0.3) is 0 Å². The normalized spacial score (nSPS) is 18.6. The van der Waals surface area contributed by atoms with Gasteiger partial charge in [0.1, 0.15) is 0 Å². The van der Waals surface area contributed by atoms with Gasteiger partial charge >= 0.3 is 12.0 Å². The topological polar surface area (TPSA) is 89.9 Å². The molecular formula is C14H26N2O4. The molecule has 0 aromatic heterocycles. The molecule has 0 saturated heterocycles. The number of carbonyl (C=O) groups is 2. The molecule has 2 amide bonds. The highest BCUT2D eigenvalue weighted by atomic mass is 16.4. The molecular weight excluding hydrogens is 260 g/mol. The highest BCUT2D eigenvalue weighted by molar-refractivity contribution is 5.73. The van der Waals surface area contributed by atoms with E-state index >= 15 is 0 Å². The van der Waals surface area contributed by atoms with Gasteiger partial charge in [-0.2, -0.15) is 0 Å². The molecule has 6 nitrogen and oxygen atoms in total. The van der Waals surface area contributed by atoms with Gasteiger partial charge in [-0.1, -0.05) is 19.8 Å². The van der Waals surface area contributed by atoms with Gasteiger partial charge in [0.05, 0.1) is 18.1 Å². The third-order valence-corrected chi connectivity index (χ3v) is 3.92. The first-order valence-corrected chi connectivity index (χ1v) is 7.28. The number of carbonyl (C=O) groups excluding carboxylic acids is 1. The summed E-state index contributed by atoms with van der Waals surface area (Å²) < 4.78 is 0. The van der Waals surface area contributed by atoms with E-state index in [-0.39, 0.29) is 11.9 Å². The van der Waals surface area contributed by atoms with Crippen molar-refractivity contribution >= 4 is 12.0 Å². The Morgan fingerprint density at radius 2 is 1.95 bits per heavy atom. The quantitative estimate of drug-likeness (QED) is 0.618. The Kier molecular flexibility index (Phi) is 6.26. The maximum absolute atomic E-state index is 11.8. The lowest BCUT2D eigenvalue weighted by atomic mass is 10.0. The summed E-state index contributed by atoms with van der Waals surface area (Å²) in [6.07, 6.45) is 4.71. The third kappa shape index (κ3) is 5.36. The predicted molar refractivity (Wildman–Crippen MR) is 75.5 cm³/mol. The standard InChI is InChI=1S/C14H26N2O4/c1-11(12(17)18)6-5-9-15-13(19)16(2)10-14(20)7-3-4-8-14/h11,20H,3-10H2,1-2H3,(H,15,19)(H,17,18). The number of carboxylic acids is 1. The van der Waals surface area contributed by atoms with Crippen molar-refractivity contribution < 1.29 is 19.8 Å². The zero-order valence-corrected chi connectivity index (χ0v) is 12.4. The Balaban J connectivity index is 2.20. The van der Waals surface area contributed by atoms with Crippen LogP contribution in [-0.4, -0.2) is 52.9 Å². The predicted octanol–water partition coefficient (Wildman–Crippen LogP) is 1.43. The number of rotatable bonds is 7. The Morgan fingerprint density at radius 1 is 1.35 bits per heavy atom. The Morgan fingerprint density at radius 3 is 2.50 bits per heavy atom. The summed E-state index contributed by atoms with van der Waals surface area (Å²) in [5.41, 5.74) is -0.732. The Hall–Kier alpha value is -1.30. The third-order valence-electron chi connectivity index (χ3n) is 3.92. The lowest BCUT2D eigenvalue weighted by molar-refractivity contribution is -0.141. The molecule has 1 saturated carbocycles. The maximum atomic E-state index is 11.8. The second-order valence-corrected chi connectivity index (χ2v) is 5.90. The van der Waals surface area contributed by atoms with E-state index in [4.69, 9.17) is 5.11 Å². The van der Waals surface area contributed by atoms with E-state index in [1.165, 1.54) is 4.90 Å². The van der Waals surface area contributed by atoms with Gasteiger partial charge in [0, 0.05) is 13.6 Å². The summed E-state index contributed by atoms with van der Waals surface area (Å²) in [7, 11) is 1.67. The molecule has 1 fully saturated rings. The van der Waals surface area contributed by atoms with E-state index in [0.717, 1.165) is 25.7 Å². The van der Waals surface area contributed by atoms with E-state index < -0.39 is 11.6 Å². The second kappa shape index (κ2) is 7.47. The monoisotopic (exact) mass is 286 g/mol. The van der Waals surface area contributed by atoms with Gasteiger partial charge in [-0.05, 0) is 25.7 Å². The summed E-state index contributed by atoms with van der Waals surface area (Å²) in [5.74, 6) is -1.19. The van der Waals surface area contributed by atoms with E-state index in [1.807, 2.05) is 0 Å². The molecule has 0 aliphatic heterocycles. The van der Waals surface area contributed by atoms with Crippen LogP contribution in [0.25, 0.3) is 0 Å². The van der Waals surface area contributed by atoms with Crippen LogP contribution in [0.3, 0.4) is 0 Å². The second-order valence-electron chi connectivity index (χ2n) is 5.90. The zero-order valence-electron chi connectivity index (χ0n) is 12.4. The number of aliphatic carboxylic acids is 1. The molecule has 1 aliphatic carbocycles. The molecule has 3 N–H and O–H groups in total. The van der Waals surface area contributed by atoms with Gasteiger partial charge in [0.2, 0.25) is 0 Å². The average Bonchev–Trinajstić information content (AvgIpc) is 2.80. The molecule has 0 bridgehead atoms. The molecule has 0 spiro atoms. The number of nitrogens with one attached hydrogen (secondary N) is 1. The zero-order chi connectivity index (χ0) is 15.2. The lowest BCUT2D eigenvalue weighted by Crippen LogP contribution is -2.46. The molecule has 0 aromatic carbocycles. The molecule has 0 radical (unpaired) electrons. The van der Waals surface area contributed by atoms with Crippen LogP contribution in [0.4, 0.5) is 4.79 Å². The van der Waals surface area contributed by atoms with Crippen molar-refractivity contribution in [3.8, 4) is 0 Å². The number of urea groups is 1. The van der Waals surface area contributed by atoms with Crippen LogP contribution in [0.15, 0.2) is 0 Å². The van der Waals surface area contributed by atoms with Crippen molar-refractivity contribution in [1.29, 1.82) is 0 Å². The summed E-state index contributed by atoms with van der Waals surface area (Å²) in [5, 5.41) is 21.7. The van der Waals surface area contributed by atoms with Crippen LogP contribution in [0, 0.1) is 5.92 Å². The van der Waals surface area contributed by atoms with Crippen LogP contribution in [0.2, 0.25) is 0 Å². The van der Waals surface area contributed by atoms with Crippen molar-refractivity contribution in [3.05, 3.63) is 0 Å². The summed E-state index contributed by atoms with van der Waals surface area (Å²) in [4.78, 5) is 24.0. The highest BCUT2D eigenvalue weighted by Gasteiger charge is 2.33. The van der Waals surface area contributed by atoms with Gasteiger partial charge in [-0.3, -0.25) is 4.79 Å². The first kappa shape index (κ1) is 16.8. The molecule has 116 valence electrons. The molecule has 20 heavy (non-hydrogen) atoms. The van der Waals surface area contributed by atoms with Crippen molar-refractivity contribution in [3.63, 3.8) is 0 Å². The Labute approximate surface area is 120 Å². The molecule has 0 aromatic rings. The Bertz CT molecular complexity index is 340. The smallest absolute Gasteiger partial charge is 0.317 e. The maximum Gasteiger partial charge on any atom is 0.317 e. The SMILES string of the molecule is CC(CCCNC(=O)N(C)CC1(O)CCCC1)C(=O)O. The van der Waals surface area contributed by atoms with Gasteiger partial charge in [-0.15, -0.1) is 0 Å². The lowest BCUT2D eigenvalue weighted by Gasteiger charge is -2.28. The number of hydrogen-bond acceptors (Lipinski definition) is 3. The first-order valence-electron chi connectivity index (χ1n) is 7.28. The number of nitrogens with zero attached hydrogens (tertiary/aromatic N) is 1. The molecule has 1 unspecified atom stereocenters. The van der Waals surface area contributed by atoms with Crippen molar-refractivity contribution in [2.75, 3.05) is 20.1 Å². The van der Waals surface area contributed by atoms with E-state index in [0.29, 0.717) is 25.9 Å². The molecule has 6 heteroatoms. The van der Waals surface area contributed by atoms with Gasteiger partial charge < -0.3 is 20.4 Å². The number of carboxylic acid groups (broad SMARTS) is 1. The van der Waals surface area contributed by atoms with Crippen LogP contribution in [-0.2, 0) is 4.79 Å². The van der Waals surface area contributed by atoms with Crippen molar-refractivity contribution in [2.24, 2.45) is 5.92 Å². The molecule has 0 heterocycles. The molecule has 1 atom stereocenters. The van der Waals surface area contributed by atoms with Crippen LogP contribution in [0.1, 0.15) is 45.4 Å². The van der Waals surface area contributed by atoms with Crippen molar-refractivity contribution in [1.82, 2.24) is 10.2 Å². The minimum absolute atomic E-state index is 0.215. The van der Waals surface area contributed by atoms with E-state index in [2.05, 4.69) is 5.32 Å². The van der Waals surface area contributed by atoms with Gasteiger partial charge in [0.15, 0.2) is 0 Å². The number of amides is 2. The number of likely N-dealkylation sites (N-methyl/N-ethyl adjacent to an activating group) is 1. The van der Waals surface area contributed by atoms with E-state index in [1.54, 1.807) is 14.0 Å². The fourth-order valence-corrected chi connectivity index (χ4v) is 2.57. The van der Waals surface area contributed by atoms with Crippen LogP contribution >= 0.6 is 0 Å². The highest BCUT2D eigenvalue weighted by Crippen LogP contribution is 2.29. The number of hydrogen-bond donors (Lipinski definition) is 3. The van der Waals surface area contributed by atoms with E-state index in [9.17, 15) is 14.7 Å². The minimum Gasteiger partial charge on any atom is -0.481 e. The number of aliphatic hydroxyl groups is 1. The van der Waals surface area contributed by atoms with Crippen LogP contribution < -0.4 is 5.32 Å². The van der Waals surface area contributed by atoms with Crippen molar-refractivity contribution in [2.45, 2.75) is 51.0 Å². The summed E-state index contributed by atoms with van der Waals surface area (Å²) in [6.45, 7) is 2.47. The largest absolute Gasteiger partial charge is 0.481 e. The molecule has 1 rings (SSSR count). The average molecular weight is 286 g/mol. The first-order chi connectivity index (χ1) is 9.34. The summed E-state index contributed by atoms with van der Waals surface area (Å²) >= 11 is 0. The van der Waals surface area contributed by atoms with Crippen LogP contribution in [0.5, 0.6) is 0 Å².